The van der Waals surface area contributed by atoms with E-state index < -0.39 is 0 Å². The zero-order valence-corrected chi connectivity index (χ0v) is 12.9. The fourth-order valence-electron chi connectivity index (χ4n) is 2.67. The molecule has 0 saturated heterocycles. The van der Waals surface area contributed by atoms with Gasteiger partial charge in [-0.1, -0.05) is 17.4 Å². The van der Waals surface area contributed by atoms with Crippen LogP contribution in [0.3, 0.4) is 0 Å². The van der Waals surface area contributed by atoms with Gasteiger partial charge in [0, 0.05) is 37.9 Å². The highest BCUT2D eigenvalue weighted by Crippen LogP contribution is 2.37. The van der Waals surface area contributed by atoms with Gasteiger partial charge in [-0.25, -0.2) is 4.98 Å². The van der Waals surface area contributed by atoms with Crippen LogP contribution in [0.4, 0.5) is 10.8 Å². The number of nitrogens with two attached hydrogens (primary N) is 1. The molecular weight excluding hydrogens is 268 g/mol. The third-order valence-corrected chi connectivity index (χ3v) is 5.04. The number of anilines is 2. The molecule has 2 heterocycles. The van der Waals surface area contributed by atoms with Crippen molar-refractivity contribution in [1.29, 1.82) is 0 Å². The van der Waals surface area contributed by atoms with E-state index in [1.54, 1.807) is 11.3 Å². The molecule has 1 atom stereocenters. The van der Waals surface area contributed by atoms with Gasteiger partial charge in [-0.05, 0) is 31.0 Å². The molecule has 20 heavy (non-hydrogen) atoms. The van der Waals surface area contributed by atoms with Crippen molar-refractivity contribution >= 4 is 22.2 Å². The van der Waals surface area contributed by atoms with Crippen LogP contribution in [0, 0.1) is 0 Å². The van der Waals surface area contributed by atoms with Gasteiger partial charge >= 0.3 is 0 Å². The zero-order valence-electron chi connectivity index (χ0n) is 12.1. The Morgan fingerprint density at radius 2 is 2.25 bits per heavy atom. The van der Waals surface area contributed by atoms with Crippen molar-refractivity contribution in [2.75, 3.05) is 30.9 Å². The maximum atomic E-state index is 6.09. The fraction of sp³-hybridized carbons (Fsp3) is 0.400. The van der Waals surface area contributed by atoms with Crippen molar-refractivity contribution in [2.45, 2.75) is 19.4 Å². The number of nitrogens with zero attached hydrogens (tertiary/aromatic N) is 2. The highest BCUT2D eigenvalue weighted by Gasteiger charge is 2.20. The van der Waals surface area contributed by atoms with E-state index in [2.05, 4.69) is 40.4 Å². The molecule has 0 aliphatic carbocycles. The molecule has 0 bridgehead atoms. The Balaban J connectivity index is 2.07. The van der Waals surface area contributed by atoms with E-state index in [0.29, 0.717) is 0 Å². The SMILES string of the molecule is CNc1nc(-c2ccc3c(c2)CCN3C)c(C(C)N)s1. The molecule has 106 valence electrons. The number of fused-ring (bicyclic) bond motifs is 1. The highest BCUT2D eigenvalue weighted by atomic mass is 32.1. The smallest absolute Gasteiger partial charge is 0.183 e. The number of benzene rings is 1. The lowest BCUT2D eigenvalue weighted by Gasteiger charge is -2.12. The monoisotopic (exact) mass is 288 g/mol. The van der Waals surface area contributed by atoms with E-state index in [-0.39, 0.29) is 6.04 Å². The minimum atomic E-state index is 0.000489. The van der Waals surface area contributed by atoms with Crippen LogP contribution in [0.1, 0.15) is 23.4 Å². The van der Waals surface area contributed by atoms with Crippen LogP contribution in [-0.4, -0.2) is 25.6 Å². The molecule has 2 aromatic rings. The van der Waals surface area contributed by atoms with Crippen LogP contribution in [0.5, 0.6) is 0 Å². The van der Waals surface area contributed by atoms with Crippen LogP contribution < -0.4 is 16.0 Å². The molecule has 0 spiro atoms. The van der Waals surface area contributed by atoms with Gasteiger partial charge in [0.1, 0.15) is 0 Å². The second-order valence-electron chi connectivity index (χ2n) is 5.29. The topological polar surface area (TPSA) is 54.2 Å². The van der Waals surface area contributed by atoms with Crippen molar-refractivity contribution in [2.24, 2.45) is 5.73 Å². The summed E-state index contributed by atoms with van der Waals surface area (Å²) in [6, 6.07) is 6.61. The molecule has 1 unspecified atom stereocenters. The number of nitrogens with one attached hydrogen (secondary N) is 1. The third-order valence-electron chi connectivity index (χ3n) is 3.76. The molecule has 0 saturated carbocycles. The standard InChI is InChI=1S/C15H20N4S/c1-9(16)14-13(18-15(17-2)20-14)11-4-5-12-10(8-11)6-7-19(12)3/h4-5,8-9H,6-7,16H2,1-3H3,(H,17,18). The lowest BCUT2D eigenvalue weighted by molar-refractivity contribution is 0.837. The van der Waals surface area contributed by atoms with E-state index in [9.17, 15) is 0 Å². The number of rotatable bonds is 3. The number of likely N-dealkylation sites (N-methyl/N-ethyl adjacent to an activating group) is 1. The summed E-state index contributed by atoms with van der Waals surface area (Å²) in [5.41, 5.74) is 11.0. The van der Waals surface area contributed by atoms with Crippen LogP contribution in [0.25, 0.3) is 11.3 Å². The summed E-state index contributed by atoms with van der Waals surface area (Å²) in [5.74, 6) is 0. The predicted octanol–water partition coefficient (Wildman–Crippen LogP) is 2.86. The van der Waals surface area contributed by atoms with Crippen molar-refractivity contribution in [3.63, 3.8) is 0 Å². The Kier molecular flexibility index (Phi) is 3.40. The fourth-order valence-corrected chi connectivity index (χ4v) is 3.56. The summed E-state index contributed by atoms with van der Waals surface area (Å²) in [5, 5.41) is 4.04. The number of aromatic nitrogens is 1. The maximum absolute atomic E-state index is 6.09. The molecule has 1 aromatic carbocycles. The first kappa shape index (κ1) is 13.4. The van der Waals surface area contributed by atoms with E-state index in [1.165, 1.54) is 16.8 Å². The molecule has 5 heteroatoms. The Hall–Kier alpha value is -1.59. The molecule has 0 amide bonds. The van der Waals surface area contributed by atoms with Crippen molar-refractivity contribution in [3.05, 3.63) is 28.6 Å². The normalized spacial score (nSPS) is 15.3. The first-order valence-corrected chi connectivity index (χ1v) is 7.70. The van der Waals surface area contributed by atoms with Crippen molar-refractivity contribution in [3.8, 4) is 11.3 Å². The van der Waals surface area contributed by atoms with Crippen molar-refractivity contribution < 1.29 is 0 Å². The average molecular weight is 288 g/mol. The lowest BCUT2D eigenvalue weighted by atomic mass is 10.0. The van der Waals surface area contributed by atoms with Gasteiger partial charge in [0.2, 0.25) is 0 Å². The first-order valence-electron chi connectivity index (χ1n) is 6.88. The van der Waals surface area contributed by atoms with Crippen LogP contribution in [0.15, 0.2) is 18.2 Å². The summed E-state index contributed by atoms with van der Waals surface area (Å²) in [4.78, 5) is 8.12. The van der Waals surface area contributed by atoms with Crippen LogP contribution in [-0.2, 0) is 6.42 Å². The highest BCUT2D eigenvalue weighted by molar-refractivity contribution is 7.16. The Labute approximate surface area is 123 Å². The van der Waals surface area contributed by atoms with Crippen molar-refractivity contribution in [1.82, 2.24) is 4.98 Å². The van der Waals surface area contributed by atoms with Gasteiger partial charge in [-0.3, -0.25) is 0 Å². The number of hydrogen-bond donors (Lipinski definition) is 2. The average Bonchev–Trinajstić information content (AvgIpc) is 3.03. The summed E-state index contributed by atoms with van der Waals surface area (Å²) in [6.07, 6.45) is 1.11. The molecular formula is C15H20N4S. The second-order valence-corrected chi connectivity index (χ2v) is 6.32. The molecule has 1 aliphatic rings. The molecule has 3 N–H and O–H groups in total. The zero-order chi connectivity index (χ0) is 14.3. The second kappa shape index (κ2) is 5.07. The molecule has 0 radical (unpaired) electrons. The van der Waals surface area contributed by atoms with Gasteiger partial charge in [0.25, 0.3) is 0 Å². The molecule has 1 aliphatic heterocycles. The van der Waals surface area contributed by atoms with Gasteiger partial charge in [0.05, 0.1) is 10.6 Å². The summed E-state index contributed by atoms with van der Waals surface area (Å²) >= 11 is 1.64. The number of hydrogen-bond acceptors (Lipinski definition) is 5. The van der Waals surface area contributed by atoms with Gasteiger partial charge in [-0.15, -0.1) is 0 Å². The predicted molar refractivity (Wildman–Crippen MR) is 86.7 cm³/mol. The quantitative estimate of drug-likeness (QED) is 0.912. The summed E-state index contributed by atoms with van der Waals surface area (Å²) in [7, 11) is 4.03. The molecule has 3 rings (SSSR count). The minimum Gasteiger partial charge on any atom is -0.374 e. The van der Waals surface area contributed by atoms with Crippen LogP contribution >= 0.6 is 11.3 Å². The van der Waals surface area contributed by atoms with E-state index in [1.807, 2.05) is 14.0 Å². The van der Waals surface area contributed by atoms with Gasteiger partial charge in [-0.2, -0.15) is 0 Å². The molecule has 1 aromatic heterocycles. The third kappa shape index (κ3) is 2.17. The molecule has 4 nitrogen and oxygen atoms in total. The van der Waals surface area contributed by atoms with E-state index in [0.717, 1.165) is 28.7 Å². The minimum absolute atomic E-state index is 0.000489. The van der Waals surface area contributed by atoms with E-state index >= 15 is 0 Å². The largest absolute Gasteiger partial charge is 0.374 e. The van der Waals surface area contributed by atoms with Gasteiger partial charge < -0.3 is 16.0 Å². The van der Waals surface area contributed by atoms with Gasteiger partial charge in [0.15, 0.2) is 5.13 Å². The Morgan fingerprint density at radius 3 is 2.95 bits per heavy atom. The summed E-state index contributed by atoms with van der Waals surface area (Å²) < 4.78 is 0. The van der Waals surface area contributed by atoms with Crippen LogP contribution in [0.2, 0.25) is 0 Å². The Morgan fingerprint density at radius 1 is 1.45 bits per heavy atom. The summed E-state index contributed by atoms with van der Waals surface area (Å²) in [6.45, 7) is 3.11. The van der Waals surface area contributed by atoms with E-state index in [4.69, 9.17) is 5.73 Å². The maximum Gasteiger partial charge on any atom is 0.183 e. The Bertz CT molecular complexity index is 633. The number of thiazole rings is 1. The molecule has 0 fully saturated rings. The first-order chi connectivity index (χ1) is 9.60. The lowest BCUT2D eigenvalue weighted by Crippen LogP contribution is -2.12.